The van der Waals surface area contributed by atoms with Crippen LogP contribution in [0.4, 0.5) is 10.5 Å². The highest BCUT2D eigenvalue weighted by Gasteiger charge is 2.12. The summed E-state index contributed by atoms with van der Waals surface area (Å²) >= 11 is 0. The molecule has 0 fully saturated rings. The van der Waals surface area contributed by atoms with Gasteiger partial charge in [-0.15, -0.1) is 0 Å². The van der Waals surface area contributed by atoms with Crippen LogP contribution in [0.15, 0.2) is 18.2 Å². The van der Waals surface area contributed by atoms with Gasteiger partial charge in [-0.3, -0.25) is 4.79 Å². The van der Waals surface area contributed by atoms with Crippen molar-refractivity contribution in [1.82, 2.24) is 5.32 Å². The monoisotopic (exact) mass is 250 g/mol. The zero-order chi connectivity index (χ0) is 13.7. The van der Waals surface area contributed by atoms with Crippen LogP contribution in [0.3, 0.4) is 0 Å². The highest BCUT2D eigenvalue weighted by Crippen LogP contribution is 2.18. The Labute approximate surface area is 106 Å². The first-order chi connectivity index (χ1) is 8.41. The molecule has 0 aromatic heterocycles. The summed E-state index contributed by atoms with van der Waals surface area (Å²) in [5.74, 6) is -1.53. The van der Waals surface area contributed by atoms with Crippen molar-refractivity contribution in [3.05, 3.63) is 29.3 Å². The van der Waals surface area contributed by atoms with Crippen molar-refractivity contribution in [3.8, 4) is 0 Å². The van der Waals surface area contributed by atoms with E-state index in [0.717, 1.165) is 16.8 Å². The van der Waals surface area contributed by atoms with Crippen LogP contribution in [0.5, 0.6) is 0 Å². The maximum absolute atomic E-state index is 11.6. The molecular weight excluding hydrogens is 232 g/mol. The molecule has 1 aromatic rings. The van der Waals surface area contributed by atoms with E-state index in [4.69, 9.17) is 5.11 Å². The van der Waals surface area contributed by atoms with E-state index in [1.807, 2.05) is 32.0 Å². The molecule has 0 aliphatic heterocycles. The highest BCUT2D eigenvalue weighted by atomic mass is 16.4. The largest absolute Gasteiger partial charge is 0.481 e. The summed E-state index contributed by atoms with van der Waals surface area (Å²) in [6, 6.07) is 5.34. The molecule has 1 atom stereocenters. The van der Waals surface area contributed by atoms with Gasteiger partial charge in [0, 0.05) is 12.2 Å². The van der Waals surface area contributed by atoms with E-state index >= 15 is 0 Å². The van der Waals surface area contributed by atoms with Gasteiger partial charge in [0.15, 0.2) is 0 Å². The highest BCUT2D eigenvalue weighted by molar-refractivity contribution is 5.91. The van der Waals surface area contributed by atoms with Gasteiger partial charge in [0.1, 0.15) is 0 Å². The lowest BCUT2D eigenvalue weighted by molar-refractivity contribution is -0.140. The summed E-state index contributed by atoms with van der Waals surface area (Å²) in [4.78, 5) is 22.2. The van der Waals surface area contributed by atoms with E-state index in [1.54, 1.807) is 6.92 Å². The predicted molar refractivity (Wildman–Crippen MR) is 69.7 cm³/mol. The first kappa shape index (κ1) is 14.0. The minimum Gasteiger partial charge on any atom is -0.481 e. The summed E-state index contributed by atoms with van der Waals surface area (Å²) in [5, 5.41) is 14.0. The van der Waals surface area contributed by atoms with Crippen LogP contribution in [0.25, 0.3) is 0 Å². The molecule has 0 aliphatic carbocycles. The van der Waals surface area contributed by atoms with Crippen molar-refractivity contribution in [2.45, 2.75) is 20.8 Å². The number of anilines is 1. The van der Waals surface area contributed by atoms with Crippen molar-refractivity contribution in [3.63, 3.8) is 0 Å². The second kappa shape index (κ2) is 6.05. The molecule has 98 valence electrons. The number of benzene rings is 1. The molecule has 1 unspecified atom stereocenters. The van der Waals surface area contributed by atoms with Crippen LogP contribution in [-0.2, 0) is 4.79 Å². The summed E-state index contributed by atoms with van der Waals surface area (Å²) in [6.07, 6.45) is 0. The number of aliphatic carboxylic acids is 1. The zero-order valence-electron chi connectivity index (χ0n) is 10.8. The normalized spacial score (nSPS) is 11.7. The van der Waals surface area contributed by atoms with E-state index in [2.05, 4.69) is 10.6 Å². The van der Waals surface area contributed by atoms with Gasteiger partial charge in [-0.1, -0.05) is 25.1 Å². The lowest BCUT2D eigenvalue weighted by Gasteiger charge is -2.13. The van der Waals surface area contributed by atoms with Gasteiger partial charge in [0.2, 0.25) is 0 Å². The number of aryl methyl sites for hydroxylation is 2. The molecule has 0 saturated heterocycles. The second-order valence-electron chi connectivity index (χ2n) is 4.34. The molecule has 0 aliphatic rings. The first-order valence-corrected chi connectivity index (χ1v) is 5.75. The maximum atomic E-state index is 11.6. The minimum atomic E-state index is -0.928. The number of nitrogens with one attached hydrogen (secondary N) is 2. The number of hydrogen-bond acceptors (Lipinski definition) is 2. The quantitative estimate of drug-likeness (QED) is 0.766. The molecule has 3 N–H and O–H groups in total. The van der Waals surface area contributed by atoms with Gasteiger partial charge >= 0.3 is 12.0 Å². The molecule has 0 spiro atoms. The molecule has 0 bridgehead atoms. The van der Waals surface area contributed by atoms with Gasteiger partial charge in [0.25, 0.3) is 0 Å². The topological polar surface area (TPSA) is 78.4 Å². The van der Waals surface area contributed by atoms with Crippen molar-refractivity contribution in [1.29, 1.82) is 0 Å². The van der Waals surface area contributed by atoms with Gasteiger partial charge in [-0.2, -0.15) is 0 Å². The van der Waals surface area contributed by atoms with Crippen LogP contribution in [-0.4, -0.2) is 23.7 Å². The summed E-state index contributed by atoms with van der Waals surface area (Å²) < 4.78 is 0. The summed E-state index contributed by atoms with van der Waals surface area (Å²) in [6.45, 7) is 5.46. The van der Waals surface area contributed by atoms with E-state index < -0.39 is 11.9 Å². The molecular formula is C13H18N2O3. The lowest BCUT2D eigenvalue weighted by atomic mass is 10.1. The fourth-order valence-electron chi connectivity index (χ4n) is 1.50. The Balaban J connectivity index is 2.58. The van der Waals surface area contributed by atoms with E-state index in [1.165, 1.54) is 0 Å². The summed E-state index contributed by atoms with van der Waals surface area (Å²) in [7, 11) is 0. The van der Waals surface area contributed by atoms with Gasteiger partial charge in [-0.05, 0) is 25.0 Å². The number of carbonyl (C=O) groups is 2. The standard InChI is InChI=1S/C13H18N2O3/c1-8-5-4-6-9(2)11(8)15-13(18)14-7-10(3)12(16)17/h4-6,10H,7H2,1-3H3,(H,16,17)(H2,14,15,18). The smallest absolute Gasteiger partial charge is 0.319 e. The number of rotatable bonds is 4. The maximum Gasteiger partial charge on any atom is 0.319 e. The van der Waals surface area contributed by atoms with Crippen molar-refractivity contribution in [2.75, 3.05) is 11.9 Å². The van der Waals surface area contributed by atoms with Crippen LogP contribution >= 0.6 is 0 Å². The Morgan fingerprint density at radius 2 is 1.83 bits per heavy atom. The molecule has 5 nitrogen and oxygen atoms in total. The minimum absolute atomic E-state index is 0.103. The predicted octanol–water partition coefficient (Wildman–Crippen LogP) is 2.15. The fourth-order valence-corrected chi connectivity index (χ4v) is 1.50. The first-order valence-electron chi connectivity index (χ1n) is 5.75. The number of hydrogen-bond donors (Lipinski definition) is 3. The summed E-state index contributed by atoms with van der Waals surface area (Å²) in [5.41, 5.74) is 2.70. The third-order valence-electron chi connectivity index (χ3n) is 2.71. The van der Waals surface area contributed by atoms with Crippen LogP contribution in [0.1, 0.15) is 18.1 Å². The van der Waals surface area contributed by atoms with Crippen LogP contribution in [0, 0.1) is 19.8 Å². The average molecular weight is 250 g/mol. The lowest BCUT2D eigenvalue weighted by Crippen LogP contribution is -2.34. The third-order valence-corrected chi connectivity index (χ3v) is 2.71. The van der Waals surface area contributed by atoms with Crippen LogP contribution < -0.4 is 10.6 Å². The number of carbonyl (C=O) groups excluding carboxylic acids is 1. The molecule has 1 aromatic carbocycles. The zero-order valence-corrected chi connectivity index (χ0v) is 10.8. The molecule has 0 saturated carbocycles. The Morgan fingerprint density at radius 3 is 2.33 bits per heavy atom. The SMILES string of the molecule is Cc1cccc(C)c1NC(=O)NCC(C)C(=O)O. The van der Waals surface area contributed by atoms with Gasteiger partial charge in [-0.25, -0.2) is 4.79 Å². The molecule has 0 radical (unpaired) electrons. The number of para-hydroxylation sites is 1. The second-order valence-corrected chi connectivity index (χ2v) is 4.34. The van der Waals surface area contributed by atoms with Gasteiger partial charge in [0.05, 0.1) is 5.92 Å². The van der Waals surface area contributed by atoms with Crippen molar-refractivity contribution in [2.24, 2.45) is 5.92 Å². The van der Waals surface area contributed by atoms with Crippen molar-refractivity contribution < 1.29 is 14.7 Å². The van der Waals surface area contributed by atoms with E-state index in [9.17, 15) is 9.59 Å². The number of carboxylic acid groups (broad SMARTS) is 1. The van der Waals surface area contributed by atoms with E-state index in [-0.39, 0.29) is 12.6 Å². The molecule has 0 heterocycles. The van der Waals surface area contributed by atoms with Crippen LogP contribution in [0.2, 0.25) is 0 Å². The molecule has 5 heteroatoms. The average Bonchev–Trinajstić information content (AvgIpc) is 2.30. The number of amides is 2. The Bertz CT molecular complexity index is 437. The number of urea groups is 1. The Kier molecular flexibility index (Phi) is 4.71. The van der Waals surface area contributed by atoms with Crippen molar-refractivity contribution >= 4 is 17.7 Å². The Morgan fingerprint density at radius 1 is 1.28 bits per heavy atom. The Hall–Kier alpha value is -2.04. The van der Waals surface area contributed by atoms with E-state index in [0.29, 0.717) is 0 Å². The van der Waals surface area contributed by atoms with Gasteiger partial charge < -0.3 is 15.7 Å². The number of carboxylic acids is 1. The third kappa shape index (κ3) is 3.76. The molecule has 18 heavy (non-hydrogen) atoms. The fraction of sp³-hybridized carbons (Fsp3) is 0.385. The molecule has 2 amide bonds. The molecule has 1 rings (SSSR count).